The van der Waals surface area contributed by atoms with Gasteiger partial charge in [-0.3, -0.25) is 9.69 Å². The van der Waals surface area contributed by atoms with Gasteiger partial charge in [0.2, 0.25) is 5.91 Å². The van der Waals surface area contributed by atoms with Crippen molar-refractivity contribution in [3.8, 4) is 0 Å². The van der Waals surface area contributed by atoms with Crippen LogP contribution < -0.4 is 10.6 Å². The van der Waals surface area contributed by atoms with E-state index in [0.29, 0.717) is 6.54 Å². The summed E-state index contributed by atoms with van der Waals surface area (Å²) in [7, 11) is 0. The van der Waals surface area contributed by atoms with Crippen LogP contribution in [0.2, 0.25) is 0 Å². The maximum absolute atomic E-state index is 11.9. The van der Waals surface area contributed by atoms with Crippen molar-refractivity contribution in [1.29, 1.82) is 0 Å². The van der Waals surface area contributed by atoms with E-state index in [4.69, 9.17) is 0 Å². The van der Waals surface area contributed by atoms with Crippen molar-refractivity contribution in [2.24, 2.45) is 5.92 Å². The van der Waals surface area contributed by atoms with E-state index in [1.807, 2.05) is 12.1 Å². The molecule has 1 saturated carbocycles. The molecule has 4 nitrogen and oxygen atoms in total. The first kappa shape index (κ1) is 22.2. The Morgan fingerprint density at radius 3 is 2.24 bits per heavy atom. The van der Waals surface area contributed by atoms with Gasteiger partial charge in [0.1, 0.15) is 0 Å². The molecule has 1 aliphatic heterocycles. The fourth-order valence-corrected chi connectivity index (χ4v) is 3.16. The number of amides is 1. The number of carbonyl (C=O) groups is 1. The molecule has 2 aliphatic rings. The third-order valence-electron chi connectivity index (χ3n) is 4.76. The summed E-state index contributed by atoms with van der Waals surface area (Å²) in [5.74, 6) is 0.854. The quantitative estimate of drug-likeness (QED) is 0.746. The zero-order chi connectivity index (χ0) is 15.9. The lowest BCUT2D eigenvalue weighted by molar-refractivity contribution is -0.115. The van der Waals surface area contributed by atoms with Crippen LogP contribution in [-0.4, -0.2) is 37.0 Å². The molecule has 0 bridgehead atoms. The first-order valence-corrected chi connectivity index (χ1v) is 9.11. The van der Waals surface area contributed by atoms with Gasteiger partial charge in [-0.1, -0.05) is 25.0 Å². The number of likely N-dealkylation sites (tertiary alicyclic amines) is 1. The molecule has 0 unspecified atom stereocenters. The van der Waals surface area contributed by atoms with E-state index in [1.54, 1.807) is 0 Å². The highest BCUT2D eigenvalue weighted by Crippen LogP contribution is 2.27. The van der Waals surface area contributed by atoms with Crippen LogP contribution in [0.15, 0.2) is 24.3 Å². The Bertz CT molecular complexity index is 498. The molecule has 6 heteroatoms. The molecule has 0 spiro atoms. The second-order valence-corrected chi connectivity index (χ2v) is 7.01. The number of anilines is 1. The van der Waals surface area contributed by atoms with E-state index < -0.39 is 0 Å². The van der Waals surface area contributed by atoms with Crippen LogP contribution in [0, 0.1) is 5.92 Å². The van der Waals surface area contributed by atoms with Crippen molar-refractivity contribution in [3.05, 3.63) is 29.8 Å². The van der Waals surface area contributed by atoms with Crippen LogP contribution in [0.3, 0.4) is 0 Å². The first-order chi connectivity index (χ1) is 11.3. The number of nitrogens with one attached hydrogen (secondary N) is 2. The Hall–Kier alpha value is -0.810. The van der Waals surface area contributed by atoms with Crippen molar-refractivity contribution in [1.82, 2.24) is 10.2 Å². The second kappa shape index (κ2) is 11.7. The van der Waals surface area contributed by atoms with Crippen molar-refractivity contribution in [2.45, 2.75) is 45.1 Å². The molecule has 1 aliphatic carbocycles. The maximum atomic E-state index is 11.9. The molecular formula is C19H31Cl2N3O. The lowest BCUT2D eigenvalue weighted by atomic mass is 10.2. The Morgan fingerprint density at radius 1 is 1.00 bits per heavy atom. The molecule has 1 aromatic rings. The van der Waals surface area contributed by atoms with E-state index in [2.05, 4.69) is 27.7 Å². The zero-order valence-corrected chi connectivity index (χ0v) is 16.5. The van der Waals surface area contributed by atoms with Crippen LogP contribution in [0.25, 0.3) is 0 Å². The Labute approximate surface area is 163 Å². The van der Waals surface area contributed by atoms with Crippen LogP contribution in [0.5, 0.6) is 0 Å². The van der Waals surface area contributed by atoms with Crippen LogP contribution in [0.4, 0.5) is 5.69 Å². The molecule has 3 rings (SSSR count). The second-order valence-electron chi connectivity index (χ2n) is 7.01. The Kier molecular flexibility index (Phi) is 10.4. The molecule has 0 atom stereocenters. The fourth-order valence-electron chi connectivity index (χ4n) is 3.16. The number of hydrogen-bond acceptors (Lipinski definition) is 3. The highest BCUT2D eigenvalue weighted by atomic mass is 35.5. The SMILES string of the molecule is Cl.Cl.O=C(CNCC1CC1)Nc1ccc(CN2CCCCCC2)cc1. The van der Waals surface area contributed by atoms with Gasteiger partial charge >= 0.3 is 0 Å². The van der Waals surface area contributed by atoms with Gasteiger partial charge in [-0.2, -0.15) is 0 Å². The summed E-state index contributed by atoms with van der Waals surface area (Å²) >= 11 is 0. The molecule has 1 aromatic carbocycles. The number of nitrogens with zero attached hydrogens (tertiary/aromatic N) is 1. The van der Waals surface area contributed by atoms with E-state index >= 15 is 0 Å². The third kappa shape index (κ3) is 8.41. The minimum absolute atomic E-state index is 0. The smallest absolute Gasteiger partial charge is 0.238 e. The van der Waals surface area contributed by atoms with E-state index in [9.17, 15) is 4.79 Å². The summed E-state index contributed by atoms with van der Waals surface area (Å²) in [6.45, 7) is 4.84. The van der Waals surface area contributed by atoms with Gasteiger partial charge in [0.15, 0.2) is 0 Å². The number of carbonyl (C=O) groups excluding carboxylic acids is 1. The molecule has 0 aromatic heterocycles. The summed E-state index contributed by atoms with van der Waals surface area (Å²) in [6, 6.07) is 8.31. The summed E-state index contributed by atoms with van der Waals surface area (Å²) in [4.78, 5) is 14.4. The van der Waals surface area contributed by atoms with Gasteiger partial charge in [0.25, 0.3) is 0 Å². The average Bonchev–Trinajstić information content (AvgIpc) is 3.37. The summed E-state index contributed by atoms with van der Waals surface area (Å²) in [5.41, 5.74) is 2.22. The van der Waals surface area contributed by atoms with Gasteiger partial charge in [-0.25, -0.2) is 0 Å². The molecule has 1 amide bonds. The van der Waals surface area contributed by atoms with Crippen LogP contribution >= 0.6 is 24.8 Å². The van der Waals surface area contributed by atoms with Gasteiger partial charge in [-0.15, -0.1) is 24.8 Å². The average molecular weight is 388 g/mol. The van der Waals surface area contributed by atoms with Gasteiger partial charge in [0, 0.05) is 12.2 Å². The summed E-state index contributed by atoms with van der Waals surface area (Å²) in [6.07, 6.45) is 8.01. The molecular weight excluding hydrogens is 357 g/mol. The number of hydrogen-bond donors (Lipinski definition) is 2. The van der Waals surface area contributed by atoms with E-state index in [0.717, 1.165) is 24.7 Å². The van der Waals surface area contributed by atoms with Gasteiger partial charge in [-0.05, 0) is 68.9 Å². The zero-order valence-electron chi connectivity index (χ0n) is 14.8. The molecule has 1 heterocycles. The van der Waals surface area contributed by atoms with E-state index in [1.165, 1.54) is 57.2 Å². The first-order valence-electron chi connectivity index (χ1n) is 9.11. The molecule has 1 saturated heterocycles. The predicted molar refractivity (Wildman–Crippen MR) is 109 cm³/mol. The highest BCUT2D eigenvalue weighted by molar-refractivity contribution is 5.92. The molecule has 2 N–H and O–H groups in total. The van der Waals surface area contributed by atoms with Crippen molar-refractivity contribution in [3.63, 3.8) is 0 Å². The number of rotatable bonds is 7. The number of halogens is 2. The largest absolute Gasteiger partial charge is 0.325 e. The third-order valence-corrected chi connectivity index (χ3v) is 4.76. The number of benzene rings is 1. The van der Waals surface area contributed by atoms with Crippen molar-refractivity contribution < 1.29 is 4.79 Å². The standard InChI is InChI=1S/C19H29N3O.2ClH/c23-19(14-20-13-16-5-6-16)21-18-9-7-17(8-10-18)15-22-11-3-1-2-4-12-22;;/h7-10,16,20H,1-6,11-15H2,(H,21,23);2*1H. The Balaban J connectivity index is 0.00000156. The normalized spacial score (nSPS) is 17.8. The molecule has 25 heavy (non-hydrogen) atoms. The minimum Gasteiger partial charge on any atom is -0.325 e. The lowest BCUT2D eigenvalue weighted by Gasteiger charge is -2.19. The van der Waals surface area contributed by atoms with Crippen molar-refractivity contribution in [2.75, 3.05) is 31.5 Å². The van der Waals surface area contributed by atoms with Gasteiger partial charge < -0.3 is 10.6 Å². The topological polar surface area (TPSA) is 44.4 Å². The van der Waals surface area contributed by atoms with Crippen molar-refractivity contribution >= 4 is 36.4 Å². The van der Waals surface area contributed by atoms with E-state index in [-0.39, 0.29) is 30.7 Å². The summed E-state index contributed by atoms with van der Waals surface area (Å²) < 4.78 is 0. The fraction of sp³-hybridized carbons (Fsp3) is 0.632. The van der Waals surface area contributed by atoms with Gasteiger partial charge in [0.05, 0.1) is 6.54 Å². The molecule has 0 radical (unpaired) electrons. The predicted octanol–water partition coefficient (Wildman–Crippen LogP) is 3.84. The maximum Gasteiger partial charge on any atom is 0.238 e. The monoisotopic (exact) mass is 387 g/mol. The van der Waals surface area contributed by atoms with Crippen LogP contribution in [-0.2, 0) is 11.3 Å². The molecule has 142 valence electrons. The molecule has 2 fully saturated rings. The lowest BCUT2D eigenvalue weighted by Crippen LogP contribution is -2.29. The Morgan fingerprint density at radius 2 is 1.64 bits per heavy atom. The minimum atomic E-state index is 0. The summed E-state index contributed by atoms with van der Waals surface area (Å²) in [5, 5.41) is 6.18. The highest BCUT2D eigenvalue weighted by Gasteiger charge is 2.20. The van der Waals surface area contributed by atoms with Crippen LogP contribution in [0.1, 0.15) is 44.1 Å².